The third-order valence-electron chi connectivity index (χ3n) is 1.08. The topological polar surface area (TPSA) is 103 Å². The number of hydrogen-bond acceptors (Lipinski definition) is 4. The van der Waals surface area contributed by atoms with Gasteiger partial charge in [-0.25, -0.2) is 9.55 Å². The SMILES string of the molecule is N#Cc1ccc(OP(=O)(O)O)nc1. The van der Waals surface area contributed by atoms with Crippen LogP contribution in [0.4, 0.5) is 0 Å². The lowest BCUT2D eigenvalue weighted by Crippen LogP contribution is -1.92. The highest BCUT2D eigenvalue weighted by Crippen LogP contribution is 2.36. The molecule has 0 aliphatic heterocycles. The van der Waals surface area contributed by atoms with Gasteiger partial charge in [0.15, 0.2) is 0 Å². The molecule has 0 saturated heterocycles. The first-order valence-corrected chi connectivity index (χ1v) is 4.65. The largest absolute Gasteiger partial charge is 0.526 e. The number of phosphoric ester groups is 1. The predicted octanol–water partition coefficient (Wildman–Crippen LogP) is 0.425. The first-order valence-electron chi connectivity index (χ1n) is 3.12. The smallest absolute Gasteiger partial charge is 0.386 e. The minimum atomic E-state index is -4.56. The summed E-state index contributed by atoms with van der Waals surface area (Å²) in [6.45, 7) is 0. The second-order valence-corrected chi connectivity index (χ2v) is 3.24. The Morgan fingerprint density at radius 1 is 1.54 bits per heavy atom. The first kappa shape index (κ1) is 9.68. The summed E-state index contributed by atoms with van der Waals surface area (Å²) in [4.78, 5) is 20.3. The molecule has 1 aromatic rings. The summed E-state index contributed by atoms with van der Waals surface area (Å²) in [5.41, 5.74) is 0.290. The van der Waals surface area contributed by atoms with E-state index in [1.54, 1.807) is 6.07 Å². The first-order chi connectivity index (χ1) is 6.01. The number of phosphoric acid groups is 1. The van der Waals surface area contributed by atoms with Crippen LogP contribution >= 0.6 is 7.82 Å². The average molecular weight is 200 g/mol. The molecule has 0 aliphatic rings. The Hall–Kier alpha value is -1.41. The van der Waals surface area contributed by atoms with Crippen molar-refractivity contribution in [3.63, 3.8) is 0 Å². The Bertz CT molecular complexity index is 377. The molecule has 6 nitrogen and oxygen atoms in total. The van der Waals surface area contributed by atoms with Gasteiger partial charge in [0, 0.05) is 12.3 Å². The van der Waals surface area contributed by atoms with Gasteiger partial charge in [-0.15, -0.1) is 0 Å². The van der Waals surface area contributed by atoms with Gasteiger partial charge >= 0.3 is 7.82 Å². The number of rotatable bonds is 2. The molecule has 1 heterocycles. The Balaban J connectivity index is 2.83. The zero-order chi connectivity index (χ0) is 9.90. The van der Waals surface area contributed by atoms with E-state index in [0.29, 0.717) is 0 Å². The quantitative estimate of drug-likeness (QED) is 0.670. The predicted molar refractivity (Wildman–Crippen MR) is 41.6 cm³/mol. The molecule has 0 aliphatic carbocycles. The zero-order valence-electron chi connectivity index (χ0n) is 6.28. The van der Waals surface area contributed by atoms with Gasteiger partial charge in [-0.05, 0) is 6.07 Å². The van der Waals surface area contributed by atoms with Gasteiger partial charge in [0.2, 0.25) is 5.88 Å². The van der Waals surface area contributed by atoms with Crippen molar-refractivity contribution in [2.45, 2.75) is 0 Å². The molecule has 0 fully saturated rings. The molecular weight excluding hydrogens is 195 g/mol. The van der Waals surface area contributed by atoms with Crippen LogP contribution in [0.5, 0.6) is 5.88 Å². The minimum absolute atomic E-state index is 0.215. The van der Waals surface area contributed by atoms with Crippen molar-refractivity contribution < 1.29 is 18.9 Å². The molecule has 0 radical (unpaired) electrons. The van der Waals surface area contributed by atoms with Crippen molar-refractivity contribution >= 4 is 7.82 Å². The van der Waals surface area contributed by atoms with Crippen molar-refractivity contribution in [2.75, 3.05) is 0 Å². The van der Waals surface area contributed by atoms with E-state index >= 15 is 0 Å². The normalized spacial score (nSPS) is 10.5. The van der Waals surface area contributed by atoms with E-state index in [4.69, 9.17) is 15.0 Å². The maximum absolute atomic E-state index is 10.3. The lowest BCUT2D eigenvalue weighted by molar-refractivity contribution is 0.279. The van der Waals surface area contributed by atoms with Gasteiger partial charge in [-0.2, -0.15) is 5.26 Å². The molecule has 68 valence electrons. The number of nitrogens with zero attached hydrogens (tertiary/aromatic N) is 2. The van der Waals surface area contributed by atoms with E-state index in [1.807, 2.05) is 0 Å². The summed E-state index contributed by atoms with van der Waals surface area (Å²) in [6, 6.07) is 4.36. The highest BCUT2D eigenvalue weighted by Gasteiger charge is 2.16. The number of aromatic nitrogens is 1. The molecule has 0 amide bonds. The zero-order valence-corrected chi connectivity index (χ0v) is 7.18. The summed E-state index contributed by atoms with van der Waals surface area (Å²) in [7, 11) is -4.56. The minimum Gasteiger partial charge on any atom is -0.386 e. The van der Waals surface area contributed by atoms with Crippen molar-refractivity contribution in [3.05, 3.63) is 23.9 Å². The van der Waals surface area contributed by atoms with Gasteiger partial charge in [-0.3, -0.25) is 9.79 Å². The fourth-order valence-corrected chi connectivity index (χ4v) is 0.974. The Morgan fingerprint density at radius 2 is 2.23 bits per heavy atom. The van der Waals surface area contributed by atoms with E-state index in [1.165, 1.54) is 12.1 Å². The lowest BCUT2D eigenvalue weighted by Gasteiger charge is -2.04. The molecule has 1 rings (SSSR count). The third kappa shape index (κ3) is 3.22. The highest BCUT2D eigenvalue weighted by molar-refractivity contribution is 7.46. The van der Waals surface area contributed by atoms with Crippen LogP contribution in [0.25, 0.3) is 0 Å². The van der Waals surface area contributed by atoms with Crippen LogP contribution in [0.1, 0.15) is 5.56 Å². The Morgan fingerprint density at radius 3 is 2.62 bits per heavy atom. The standard InChI is InChI=1S/C6H5N2O4P/c7-3-5-1-2-6(8-4-5)12-13(9,10)11/h1-2,4H,(H2,9,10,11). The number of hydrogen-bond donors (Lipinski definition) is 2. The molecule has 7 heteroatoms. The Kier molecular flexibility index (Phi) is 2.63. The van der Waals surface area contributed by atoms with Crippen molar-refractivity contribution in [1.82, 2.24) is 4.98 Å². The molecule has 0 atom stereocenters. The summed E-state index contributed by atoms with van der Waals surface area (Å²) >= 11 is 0. The fourth-order valence-electron chi connectivity index (χ4n) is 0.622. The van der Waals surface area contributed by atoms with Crippen LogP contribution in [0.2, 0.25) is 0 Å². The summed E-state index contributed by atoms with van der Waals surface area (Å²) in [6.07, 6.45) is 1.16. The van der Waals surface area contributed by atoms with E-state index in [9.17, 15) is 4.57 Å². The van der Waals surface area contributed by atoms with E-state index in [-0.39, 0.29) is 11.4 Å². The maximum atomic E-state index is 10.3. The summed E-state index contributed by atoms with van der Waals surface area (Å²) < 4.78 is 14.5. The molecular formula is C6H5N2O4P. The van der Waals surface area contributed by atoms with Gasteiger partial charge in [0.05, 0.1) is 5.56 Å². The van der Waals surface area contributed by atoms with Crippen molar-refractivity contribution in [2.24, 2.45) is 0 Å². The van der Waals surface area contributed by atoms with Gasteiger partial charge in [-0.1, -0.05) is 0 Å². The van der Waals surface area contributed by atoms with Crippen LogP contribution in [-0.2, 0) is 4.57 Å². The molecule has 13 heavy (non-hydrogen) atoms. The molecule has 1 aromatic heterocycles. The van der Waals surface area contributed by atoms with Crippen LogP contribution in [0.15, 0.2) is 18.3 Å². The fraction of sp³-hybridized carbons (Fsp3) is 0. The summed E-state index contributed by atoms with van der Waals surface area (Å²) in [5, 5.41) is 8.38. The van der Waals surface area contributed by atoms with E-state index in [0.717, 1.165) is 6.20 Å². The second kappa shape index (κ2) is 3.54. The highest BCUT2D eigenvalue weighted by atomic mass is 31.2. The van der Waals surface area contributed by atoms with E-state index in [2.05, 4.69) is 9.51 Å². The van der Waals surface area contributed by atoms with Gasteiger partial charge in [0.1, 0.15) is 6.07 Å². The van der Waals surface area contributed by atoms with Crippen LogP contribution in [0.3, 0.4) is 0 Å². The lowest BCUT2D eigenvalue weighted by atomic mass is 10.3. The molecule has 0 spiro atoms. The number of pyridine rings is 1. The van der Waals surface area contributed by atoms with Gasteiger partial charge < -0.3 is 4.52 Å². The van der Waals surface area contributed by atoms with Crippen molar-refractivity contribution in [3.8, 4) is 11.9 Å². The number of nitriles is 1. The average Bonchev–Trinajstić information content (AvgIpc) is 2.03. The molecule has 0 aromatic carbocycles. The Labute approximate surface area is 73.7 Å². The third-order valence-corrected chi connectivity index (χ3v) is 1.50. The molecule has 0 unspecified atom stereocenters. The van der Waals surface area contributed by atoms with Gasteiger partial charge in [0.25, 0.3) is 0 Å². The van der Waals surface area contributed by atoms with E-state index < -0.39 is 7.82 Å². The molecule has 0 bridgehead atoms. The van der Waals surface area contributed by atoms with Crippen LogP contribution < -0.4 is 4.52 Å². The monoisotopic (exact) mass is 200 g/mol. The molecule has 0 saturated carbocycles. The molecule has 2 N–H and O–H groups in total. The van der Waals surface area contributed by atoms with Crippen LogP contribution in [-0.4, -0.2) is 14.8 Å². The maximum Gasteiger partial charge on any atom is 0.526 e. The van der Waals surface area contributed by atoms with Crippen molar-refractivity contribution in [1.29, 1.82) is 5.26 Å². The summed E-state index contributed by atoms with van der Waals surface area (Å²) in [5.74, 6) is -0.215. The van der Waals surface area contributed by atoms with Crippen LogP contribution in [0, 0.1) is 11.3 Å². The second-order valence-electron chi connectivity index (χ2n) is 2.08.